The third-order valence-electron chi connectivity index (χ3n) is 9.43. The molecule has 4 bridgehead atoms. The van der Waals surface area contributed by atoms with Crippen LogP contribution in [0.5, 0.6) is 5.75 Å². The second kappa shape index (κ2) is 9.21. The van der Waals surface area contributed by atoms with E-state index in [1.54, 1.807) is 0 Å². The molecule has 1 aromatic carbocycles. The molecule has 5 aliphatic carbocycles. The molecule has 37 heavy (non-hydrogen) atoms. The molecule has 1 aromatic rings. The first-order valence-corrected chi connectivity index (χ1v) is 14.8. The highest BCUT2D eigenvalue weighted by atomic mass is 32.2. The topological polar surface area (TPSA) is 96.5 Å². The van der Waals surface area contributed by atoms with Crippen LogP contribution in [0.3, 0.4) is 0 Å². The van der Waals surface area contributed by atoms with E-state index in [2.05, 4.69) is 29.8 Å². The Bertz CT molecular complexity index is 1070. The van der Waals surface area contributed by atoms with Crippen LogP contribution in [0.15, 0.2) is 24.3 Å². The van der Waals surface area contributed by atoms with Crippen LogP contribution in [-0.4, -0.2) is 40.1 Å². The van der Waals surface area contributed by atoms with E-state index in [-0.39, 0.29) is 40.1 Å². The summed E-state index contributed by atoms with van der Waals surface area (Å²) in [5, 5.41) is 8.48. The summed E-state index contributed by atoms with van der Waals surface area (Å²) < 4.78 is 6.22. The lowest BCUT2D eigenvalue weighted by Crippen LogP contribution is -2.66. The van der Waals surface area contributed by atoms with Gasteiger partial charge < -0.3 is 15.4 Å². The van der Waals surface area contributed by atoms with E-state index in [0.29, 0.717) is 17.3 Å². The lowest BCUT2D eigenvalue weighted by atomic mass is 9.43. The Morgan fingerprint density at radius 2 is 1.68 bits per heavy atom. The number of carbonyl (C=O) groups excluding carboxylic acids is 3. The van der Waals surface area contributed by atoms with Gasteiger partial charge in [0.1, 0.15) is 5.75 Å². The third-order valence-corrected chi connectivity index (χ3v) is 10.4. The number of hydrogen-bond acceptors (Lipinski definition) is 5. The molecule has 3 unspecified atom stereocenters. The summed E-state index contributed by atoms with van der Waals surface area (Å²) in [5.74, 6) is 1.37. The lowest BCUT2D eigenvalue weighted by molar-refractivity contribution is -0.119. The smallest absolute Gasteiger partial charge is 0.315 e. The highest BCUT2D eigenvalue weighted by molar-refractivity contribution is 8.15. The molecule has 0 aromatic heterocycles. The van der Waals surface area contributed by atoms with Crippen LogP contribution in [0.25, 0.3) is 0 Å². The zero-order valence-corrected chi connectivity index (χ0v) is 22.8. The number of imide groups is 1. The van der Waals surface area contributed by atoms with Gasteiger partial charge in [-0.3, -0.25) is 14.9 Å². The molecule has 6 aliphatic rings. The zero-order valence-electron chi connectivity index (χ0n) is 21.9. The summed E-state index contributed by atoms with van der Waals surface area (Å²) in [4.78, 5) is 36.2. The number of ether oxygens (including phenoxy) is 1. The molecule has 6 fully saturated rings. The molecule has 1 saturated heterocycles. The largest absolute Gasteiger partial charge is 0.490 e. The summed E-state index contributed by atoms with van der Waals surface area (Å²) in [7, 11) is 0. The molecule has 200 valence electrons. The Labute approximate surface area is 223 Å². The van der Waals surface area contributed by atoms with Gasteiger partial charge in [0.2, 0.25) is 5.91 Å². The van der Waals surface area contributed by atoms with Crippen molar-refractivity contribution in [3.63, 3.8) is 0 Å². The fraction of sp³-hybridized carbons (Fsp3) is 0.690. The molecule has 7 nitrogen and oxygen atoms in total. The van der Waals surface area contributed by atoms with Crippen molar-refractivity contribution in [1.29, 1.82) is 0 Å². The van der Waals surface area contributed by atoms with Gasteiger partial charge in [-0.2, -0.15) is 0 Å². The number of amides is 4. The Morgan fingerprint density at radius 3 is 2.27 bits per heavy atom. The molecule has 0 spiro atoms. The molecule has 5 atom stereocenters. The fourth-order valence-corrected chi connectivity index (χ4v) is 9.87. The maximum absolute atomic E-state index is 13.1. The SMILES string of the molecule is C[C@]12CC3CC(NC(=O)NC4CCC(Oc5ccc(CC6SC(=O)NC6=O)cc5)CC4)(C1)C[C@@](C)(C3)C2. The number of nitrogens with one attached hydrogen (secondary N) is 3. The first kappa shape index (κ1) is 25.1. The monoisotopic (exact) mass is 525 g/mol. The number of hydrogen-bond donors (Lipinski definition) is 3. The van der Waals surface area contributed by atoms with Crippen LogP contribution < -0.4 is 20.7 Å². The van der Waals surface area contributed by atoms with Gasteiger partial charge in [-0.15, -0.1) is 0 Å². The van der Waals surface area contributed by atoms with Gasteiger partial charge >= 0.3 is 6.03 Å². The second-order valence-electron chi connectivity index (χ2n) is 13.3. The first-order chi connectivity index (χ1) is 17.6. The highest BCUT2D eigenvalue weighted by Crippen LogP contribution is 2.66. The van der Waals surface area contributed by atoms with Gasteiger partial charge in [0.05, 0.1) is 11.4 Å². The molecule has 5 saturated carbocycles. The van der Waals surface area contributed by atoms with Gasteiger partial charge in [-0.1, -0.05) is 37.7 Å². The Kier molecular flexibility index (Phi) is 6.24. The average molecular weight is 526 g/mol. The molecule has 0 radical (unpaired) electrons. The van der Waals surface area contributed by atoms with Crippen molar-refractivity contribution >= 4 is 28.9 Å². The van der Waals surface area contributed by atoms with Gasteiger partial charge in [0.15, 0.2) is 0 Å². The van der Waals surface area contributed by atoms with Crippen molar-refractivity contribution in [3.05, 3.63) is 29.8 Å². The predicted octanol–water partition coefficient (Wildman–Crippen LogP) is 5.32. The van der Waals surface area contributed by atoms with E-state index < -0.39 is 0 Å². The second-order valence-corrected chi connectivity index (χ2v) is 14.5. The molecular formula is C29H39N3O4S. The van der Waals surface area contributed by atoms with E-state index in [1.807, 2.05) is 24.3 Å². The number of urea groups is 1. The van der Waals surface area contributed by atoms with Crippen LogP contribution in [-0.2, 0) is 11.2 Å². The zero-order chi connectivity index (χ0) is 25.8. The molecular weight excluding hydrogens is 486 g/mol. The predicted molar refractivity (Wildman–Crippen MR) is 144 cm³/mol. The van der Waals surface area contributed by atoms with Crippen molar-refractivity contribution in [2.45, 2.75) is 107 Å². The minimum absolute atomic E-state index is 0.0184. The number of carbonyl (C=O) groups is 3. The van der Waals surface area contributed by atoms with Crippen LogP contribution >= 0.6 is 11.8 Å². The van der Waals surface area contributed by atoms with Crippen LogP contribution in [0, 0.1) is 16.7 Å². The minimum Gasteiger partial charge on any atom is -0.490 e. The number of thioether (sulfide) groups is 1. The highest BCUT2D eigenvalue weighted by Gasteiger charge is 2.60. The van der Waals surface area contributed by atoms with Crippen molar-refractivity contribution in [2.24, 2.45) is 16.7 Å². The summed E-state index contributed by atoms with van der Waals surface area (Å²) >= 11 is 1.06. The molecule has 3 N–H and O–H groups in total. The maximum atomic E-state index is 13.1. The van der Waals surface area contributed by atoms with Crippen molar-refractivity contribution < 1.29 is 19.1 Å². The first-order valence-electron chi connectivity index (χ1n) is 13.9. The average Bonchev–Trinajstić information content (AvgIpc) is 3.10. The summed E-state index contributed by atoms with van der Waals surface area (Å²) in [6, 6.07) is 8.03. The molecule has 1 aliphatic heterocycles. The van der Waals surface area contributed by atoms with Gasteiger partial charge in [-0.05, 0) is 105 Å². The summed E-state index contributed by atoms with van der Waals surface area (Å²) in [5.41, 5.74) is 1.77. The van der Waals surface area contributed by atoms with Gasteiger partial charge in [-0.25, -0.2) is 4.79 Å². The molecule has 4 amide bonds. The quantitative estimate of drug-likeness (QED) is 0.467. The van der Waals surface area contributed by atoms with E-state index in [4.69, 9.17) is 4.74 Å². The van der Waals surface area contributed by atoms with Crippen molar-refractivity contribution in [1.82, 2.24) is 16.0 Å². The molecule has 1 heterocycles. The Hall–Kier alpha value is -2.22. The summed E-state index contributed by atoms with van der Waals surface area (Å²) in [6.07, 6.45) is 11.7. The Morgan fingerprint density at radius 1 is 1.00 bits per heavy atom. The van der Waals surface area contributed by atoms with E-state index >= 15 is 0 Å². The summed E-state index contributed by atoms with van der Waals surface area (Å²) in [6.45, 7) is 4.88. The fourth-order valence-electron chi connectivity index (χ4n) is 9.01. The third kappa shape index (κ3) is 5.36. The minimum atomic E-state index is -0.353. The van der Waals surface area contributed by atoms with E-state index in [1.165, 1.54) is 19.3 Å². The van der Waals surface area contributed by atoms with E-state index in [9.17, 15) is 14.4 Å². The van der Waals surface area contributed by atoms with E-state index in [0.717, 1.165) is 73.9 Å². The van der Waals surface area contributed by atoms with Crippen molar-refractivity contribution in [3.8, 4) is 5.75 Å². The standard InChI is InChI=1S/C29H39N3O4S/c1-27-12-19-13-28(2,15-27)17-29(14-19,16-27)32-25(34)30-20-5-9-22(10-6-20)36-21-7-3-18(4-8-21)11-23-24(33)31-26(35)37-23/h3-4,7-8,19-20,22-23H,5-6,9-17H2,1-2H3,(H2,30,32,34)(H,31,33,35)/t19?,20?,22?,23?,27-,28+,29?. The van der Waals surface area contributed by atoms with Crippen LogP contribution in [0.1, 0.15) is 83.6 Å². The maximum Gasteiger partial charge on any atom is 0.315 e. The lowest BCUT2D eigenvalue weighted by Gasteiger charge is -2.65. The number of benzene rings is 1. The van der Waals surface area contributed by atoms with Gasteiger partial charge in [0.25, 0.3) is 5.24 Å². The molecule has 7 rings (SSSR count). The van der Waals surface area contributed by atoms with Crippen molar-refractivity contribution in [2.75, 3.05) is 0 Å². The molecule has 8 heteroatoms. The normalized spacial score (nSPS) is 40.4. The Balaban J connectivity index is 0.957. The van der Waals surface area contributed by atoms with Crippen LogP contribution in [0.2, 0.25) is 0 Å². The van der Waals surface area contributed by atoms with Crippen LogP contribution in [0.4, 0.5) is 9.59 Å². The van der Waals surface area contributed by atoms with Gasteiger partial charge in [0, 0.05) is 11.6 Å². The number of rotatable bonds is 6.